The van der Waals surface area contributed by atoms with Gasteiger partial charge in [0.25, 0.3) is 0 Å². The van der Waals surface area contributed by atoms with Gasteiger partial charge in [0, 0.05) is 4.92 Å². The van der Waals surface area contributed by atoms with Gasteiger partial charge in [-0.05, 0) is 0 Å². The first kappa shape index (κ1) is 13.7. The van der Waals surface area contributed by atoms with Gasteiger partial charge in [0.15, 0.2) is 5.69 Å². The molecule has 0 unspecified atom stereocenters. The van der Waals surface area contributed by atoms with Crippen molar-refractivity contribution in [1.82, 2.24) is 0 Å². The summed E-state index contributed by atoms with van der Waals surface area (Å²) >= 11 is 0. The van der Waals surface area contributed by atoms with Crippen molar-refractivity contribution in [2.24, 2.45) is 0 Å². The van der Waals surface area contributed by atoms with Crippen molar-refractivity contribution >= 4 is 28.7 Å². The summed E-state index contributed by atoms with van der Waals surface area (Å²) in [6.07, 6.45) is 0. The van der Waals surface area contributed by atoms with E-state index in [0.29, 0.717) is 0 Å². The van der Waals surface area contributed by atoms with Crippen LogP contribution in [0.5, 0.6) is 0 Å². The molecule has 0 aliphatic carbocycles. The van der Waals surface area contributed by atoms with Crippen LogP contribution in [0, 0.1) is 16.2 Å². The summed E-state index contributed by atoms with van der Waals surface area (Å²) < 4.78 is 0. The van der Waals surface area contributed by atoms with Crippen molar-refractivity contribution in [2.45, 2.75) is 0 Å². The van der Waals surface area contributed by atoms with Gasteiger partial charge in [0.2, 0.25) is 0 Å². The van der Waals surface area contributed by atoms with Gasteiger partial charge in [0.1, 0.15) is 0 Å². The maximum absolute atomic E-state index is 9.98. The van der Waals surface area contributed by atoms with Crippen molar-refractivity contribution in [1.29, 1.82) is 0 Å². The Balaban J connectivity index is 0. The van der Waals surface area contributed by atoms with Crippen LogP contribution in [-0.2, 0) is 0 Å². The molecule has 54 valence electrons. The van der Waals surface area contributed by atoms with Crippen LogP contribution in [0.1, 0.15) is 0 Å². The predicted octanol–water partition coefficient (Wildman–Crippen LogP) is -1.98. The number of non-ortho nitro benzene ring substituents is 1. The molecule has 0 aliphatic heterocycles. The number of nitro groups is 1. The maximum Gasteiger partial charge on any atom is 2.00 e. The molecule has 3 nitrogen and oxygen atoms in total. The Bertz CT molecular complexity index is 217. The zero-order chi connectivity index (χ0) is 6.69. The first-order valence-electron chi connectivity index (χ1n) is 2.42. The van der Waals surface area contributed by atoms with E-state index in [-0.39, 0.29) is 52.7 Å². The summed E-state index contributed by atoms with van der Waals surface area (Å²) in [5.41, 5.74) is 0.0116. The molecule has 0 spiro atoms. The van der Waals surface area contributed by atoms with E-state index in [1.165, 1.54) is 12.1 Å². The summed E-state index contributed by atoms with van der Waals surface area (Å²) in [4.78, 5) is 9.50. The van der Waals surface area contributed by atoms with Gasteiger partial charge < -0.3 is 24.0 Å². The number of hydrogen-bond acceptors (Lipinski definition) is 2. The van der Waals surface area contributed by atoms with Crippen LogP contribution in [0.2, 0.25) is 0 Å². The quantitative estimate of drug-likeness (QED) is 0.196. The summed E-state index contributed by atoms with van der Waals surface area (Å²) in [6, 6.07) is 8.68. The largest absolute Gasteiger partial charge is 2.00 e. The number of hydrogen-bond donors (Lipinski definition) is 0. The Labute approximate surface area is 97.5 Å². The Kier molecular flexibility index (Phi) is 8.47. The van der Waals surface area contributed by atoms with Crippen molar-refractivity contribution in [3.8, 4) is 0 Å². The molecule has 1 aromatic rings. The molecule has 1 aromatic carbocycles. The molecule has 0 heterocycles. The van der Waals surface area contributed by atoms with Crippen LogP contribution in [-0.4, -0.2) is 28.0 Å². The molecule has 0 bridgehead atoms. The van der Waals surface area contributed by atoms with E-state index in [9.17, 15) is 10.1 Å². The third-order valence-electron chi connectivity index (χ3n) is 0.889. The molecule has 11 heavy (non-hydrogen) atoms. The molecule has 0 radical (unpaired) electrons. The van der Waals surface area contributed by atoms with Crippen LogP contribution in [0.3, 0.4) is 0 Å². The smallest absolute Gasteiger partial charge is 1.00 e. The van der Waals surface area contributed by atoms with Gasteiger partial charge in [-0.1, -0.05) is 6.07 Å². The first-order chi connectivity index (χ1) is 4.30. The molecule has 0 saturated carbocycles. The SMILES string of the molecule is O=[N+]([O-])c1[c-]cccc1.[I-].[Mg+2]. The van der Waals surface area contributed by atoms with Gasteiger partial charge in [-0.15, -0.1) is 6.07 Å². The molecule has 1 rings (SSSR count). The number of para-hydroxylation sites is 1. The summed E-state index contributed by atoms with van der Waals surface area (Å²) in [5.74, 6) is 0. The van der Waals surface area contributed by atoms with Gasteiger partial charge in [-0.3, -0.25) is 10.1 Å². The van der Waals surface area contributed by atoms with Crippen molar-refractivity contribution in [3.05, 3.63) is 40.4 Å². The minimum Gasteiger partial charge on any atom is -1.00 e. The third kappa shape index (κ3) is 4.54. The van der Waals surface area contributed by atoms with E-state index in [1.807, 2.05) is 0 Å². The van der Waals surface area contributed by atoms with Gasteiger partial charge >= 0.3 is 23.1 Å². The van der Waals surface area contributed by atoms with E-state index in [2.05, 4.69) is 6.07 Å². The van der Waals surface area contributed by atoms with Crippen LogP contribution in [0.15, 0.2) is 24.3 Å². The molecule has 0 aromatic heterocycles. The van der Waals surface area contributed by atoms with Gasteiger partial charge in [-0.2, -0.15) is 18.2 Å². The minimum absolute atomic E-state index is 0. The number of rotatable bonds is 1. The average Bonchev–Trinajstić information content (AvgIpc) is 1.90. The standard InChI is InChI=1S/C6H4NO2.HI.Mg/c8-7(9)6-4-2-1-3-5-6;;/h1-4H;1H;/q-1;;+2/p-1. The van der Waals surface area contributed by atoms with Crippen LogP contribution >= 0.6 is 0 Å². The van der Waals surface area contributed by atoms with E-state index in [1.54, 1.807) is 12.1 Å². The van der Waals surface area contributed by atoms with E-state index < -0.39 is 4.92 Å². The molecule has 0 saturated heterocycles. The fourth-order valence-corrected chi connectivity index (χ4v) is 0.497. The topological polar surface area (TPSA) is 43.1 Å². The normalized spacial score (nSPS) is 7.27. The molecule has 0 atom stereocenters. The zero-order valence-corrected chi connectivity index (χ0v) is 9.23. The molecule has 0 fully saturated rings. The molecule has 5 heteroatoms. The molecule has 0 amide bonds. The fourth-order valence-electron chi connectivity index (χ4n) is 0.497. The van der Waals surface area contributed by atoms with Crippen LogP contribution < -0.4 is 24.0 Å². The van der Waals surface area contributed by atoms with Crippen molar-refractivity contribution in [2.75, 3.05) is 0 Å². The minimum atomic E-state index is -0.472. The Morgan fingerprint density at radius 1 is 1.45 bits per heavy atom. The van der Waals surface area contributed by atoms with E-state index in [0.717, 1.165) is 0 Å². The molecule has 0 N–H and O–H groups in total. The molecular formula is C6H4IMgNO2. The Morgan fingerprint density at radius 3 is 2.36 bits per heavy atom. The molecular weight excluding hydrogens is 269 g/mol. The van der Waals surface area contributed by atoms with Crippen LogP contribution in [0.4, 0.5) is 5.69 Å². The second-order valence-electron chi connectivity index (χ2n) is 1.50. The van der Waals surface area contributed by atoms with E-state index >= 15 is 0 Å². The van der Waals surface area contributed by atoms with E-state index in [4.69, 9.17) is 0 Å². The fraction of sp³-hybridized carbons (Fsp3) is 0. The van der Waals surface area contributed by atoms with Gasteiger partial charge in [-0.25, -0.2) is 0 Å². The number of halogens is 1. The Hall–Kier alpha value is 0.116. The van der Waals surface area contributed by atoms with Crippen molar-refractivity contribution < 1.29 is 28.9 Å². The second-order valence-corrected chi connectivity index (χ2v) is 1.50. The first-order valence-corrected chi connectivity index (χ1v) is 2.42. The maximum atomic E-state index is 9.98. The number of benzene rings is 1. The van der Waals surface area contributed by atoms with Crippen LogP contribution in [0.25, 0.3) is 0 Å². The number of nitro benzene ring substituents is 1. The summed E-state index contributed by atoms with van der Waals surface area (Å²) in [6.45, 7) is 0. The summed E-state index contributed by atoms with van der Waals surface area (Å²) in [7, 11) is 0. The number of nitrogens with zero attached hydrogens (tertiary/aromatic N) is 1. The zero-order valence-electron chi connectivity index (χ0n) is 5.66. The summed E-state index contributed by atoms with van der Waals surface area (Å²) in [5, 5.41) is 9.98. The third-order valence-corrected chi connectivity index (χ3v) is 0.889. The predicted molar refractivity (Wildman–Crippen MR) is 37.7 cm³/mol. The monoisotopic (exact) mass is 273 g/mol. The second kappa shape index (κ2) is 6.80. The Morgan fingerprint density at radius 2 is 2.09 bits per heavy atom. The average molecular weight is 273 g/mol. The van der Waals surface area contributed by atoms with Gasteiger partial charge in [0.05, 0.1) is 0 Å². The van der Waals surface area contributed by atoms with Crippen molar-refractivity contribution in [3.63, 3.8) is 0 Å². The molecule has 0 aliphatic rings.